The molecule has 2 N–H and O–H groups in total. The Balaban J connectivity index is 2.60. The summed E-state index contributed by atoms with van der Waals surface area (Å²) in [6.07, 6.45) is 0. The first kappa shape index (κ1) is 15.0. The Morgan fingerprint density at radius 3 is 2.18 bits per heavy atom. The van der Waals surface area contributed by atoms with Crippen molar-refractivity contribution in [2.45, 2.75) is 12.8 Å². The molecular weight excluding hydrogens is 286 g/mol. The van der Waals surface area contributed by atoms with Crippen LogP contribution in [-0.2, 0) is 0 Å². The lowest BCUT2D eigenvalue weighted by atomic mass is 9.82. The topological polar surface area (TPSA) is 139 Å². The Bertz CT molecular complexity index is 821. The number of nitriles is 2. The molecule has 2 rings (SSSR count). The minimum Gasteiger partial charge on any atom is -0.302 e. The molecule has 110 valence electrons. The van der Waals surface area contributed by atoms with E-state index in [1.54, 1.807) is 6.92 Å². The van der Waals surface area contributed by atoms with Gasteiger partial charge in [-0.1, -0.05) is 12.1 Å². The van der Waals surface area contributed by atoms with Gasteiger partial charge in [-0.25, -0.2) is 0 Å². The van der Waals surface area contributed by atoms with Gasteiger partial charge in [-0.3, -0.25) is 20.0 Å². The zero-order valence-corrected chi connectivity index (χ0v) is 11.5. The highest BCUT2D eigenvalue weighted by atomic mass is 16.6. The first-order chi connectivity index (χ1) is 10.5. The van der Waals surface area contributed by atoms with Gasteiger partial charge in [0, 0.05) is 29.3 Å². The second-order valence-corrected chi connectivity index (χ2v) is 4.68. The van der Waals surface area contributed by atoms with Crippen LogP contribution in [0.4, 0.5) is 5.69 Å². The lowest BCUT2D eigenvalue weighted by Crippen LogP contribution is -2.19. The Morgan fingerprint density at radius 2 is 1.77 bits per heavy atom. The molecule has 0 aliphatic heterocycles. The highest BCUT2D eigenvalue weighted by molar-refractivity contribution is 5.42. The summed E-state index contributed by atoms with van der Waals surface area (Å²) in [5, 5.41) is 34.1. The van der Waals surface area contributed by atoms with E-state index >= 15 is 0 Å². The first-order valence-corrected chi connectivity index (χ1v) is 6.30. The first-order valence-electron chi connectivity index (χ1n) is 6.30. The van der Waals surface area contributed by atoms with Crippen LogP contribution in [0.2, 0.25) is 0 Å². The van der Waals surface area contributed by atoms with Crippen molar-refractivity contribution in [1.29, 1.82) is 10.5 Å². The molecule has 0 fully saturated rings. The number of aryl methyl sites for hydroxylation is 1. The molecule has 8 nitrogen and oxygen atoms in total. The number of hydrogen-bond donors (Lipinski definition) is 2. The smallest absolute Gasteiger partial charge is 0.269 e. The van der Waals surface area contributed by atoms with E-state index in [-0.39, 0.29) is 11.3 Å². The van der Waals surface area contributed by atoms with Gasteiger partial charge in [0.05, 0.1) is 17.1 Å². The molecule has 0 spiro atoms. The fourth-order valence-corrected chi connectivity index (χ4v) is 2.34. The number of non-ortho nitro benzene ring substituents is 1. The summed E-state index contributed by atoms with van der Waals surface area (Å²) < 4.78 is 0. The van der Waals surface area contributed by atoms with E-state index in [1.165, 1.54) is 24.3 Å². The van der Waals surface area contributed by atoms with Crippen LogP contribution in [0, 0.1) is 45.6 Å². The summed E-state index contributed by atoms with van der Waals surface area (Å²) in [4.78, 5) is 22.1. The lowest BCUT2D eigenvalue weighted by Gasteiger charge is -2.16. The maximum atomic E-state index is 12.0. The summed E-state index contributed by atoms with van der Waals surface area (Å²) >= 11 is 0. The fraction of sp³-hybridized carbons (Fsp3) is 0.214. The fourth-order valence-electron chi connectivity index (χ4n) is 2.34. The van der Waals surface area contributed by atoms with E-state index in [4.69, 9.17) is 0 Å². The Morgan fingerprint density at radius 1 is 1.18 bits per heavy atom. The van der Waals surface area contributed by atoms with Gasteiger partial charge in [-0.2, -0.15) is 10.5 Å². The van der Waals surface area contributed by atoms with E-state index in [0.29, 0.717) is 11.3 Å². The standard InChI is InChI=1S/C14H11N5O3/c1-8-12(14(20)18-17-8)13(10(6-15)7-16)9-2-4-11(5-3-9)19(21)22/h2-5,10,13H,1H3,(H2,17,18,20)/t13-/m0/s1. The van der Waals surface area contributed by atoms with Crippen LogP contribution >= 0.6 is 0 Å². The van der Waals surface area contributed by atoms with Crippen LogP contribution in [0.1, 0.15) is 22.7 Å². The van der Waals surface area contributed by atoms with Gasteiger partial charge in [-0.05, 0) is 12.5 Å². The molecule has 0 bridgehead atoms. The molecule has 0 unspecified atom stereocenters. The second kappa shape index (κ2) is 5.94. The number of nitrogens with zero attached hydrogens (tertiary/aromatic N) is 3. The number of nitro groups is 1. The molecule has 1 aromatic heterocycles. The number of hydrogen-bond acceptors (Lipinski definition) is 5. The van der Waals surface area contributed by atoms with Crippen molar-refractivity contribution in [1.82, 2.24) is 10.2 Å². The number of aromatic amines is 2. The average Bonchev–Trinajstić information content (AvgIpc) is 2.84. The highest BCUT2D eigenvalue weighted by Gasteiger charge is 2.30. The number of H-pyrrole nitrogens is 2. The van der Waals surface area contributed by atoms with Gasteiger partial charge in [0.1, 0.15) is 5.92 Å². The molecule has 1 aromatic carbocycles. The third kappa shape index (κ3) is 2.58. The van der Waals surface area contributed by atoms with E-state index < -0.39 is 22.3 Å². The van der Waals surface area contributed by atoms with Crippen LogP contribution in [0.3, 0.4) is 0 Å². The van der Waals surface area contributed by atoms with Gasteiger partial charge in [0.15, 0.2) is 0 Å². The SMILES string of the molecule is Cc1[nH][nH]c(=O)c1[C@@H](c1ccc([N+](=O)[O-])cc1)C(C#N)C#N. The van der Waals surface area contributed by atoms with Gasteiger partial charge >= 0.3 is 0 Å². The molecule has 1 atom stereocenters. The summed E-state index contributed by atoms with van der Waals surface area (Å²) in [7, 11) is 0. The van der Waals surface area contributed by atoms with Crippen molar-refractivity contribution in [2.24, 2.45) is 5.92 Å². The molecule has 1 heterocycles. The Kier molecular flexibility index (Phi) is 4.05. The molecule has 0 radical (unpaired) electrons. The third-order valence-corrected chi connectivity index (χ3v) is 3.40. The summed E-state index contributed by atoms with van der Waals surface area (Å²) in [5.74, 6) is -1.87. The zero-order chi connectivity index (χ0) is 16.3. The molecule has 0 aliphatic rings. The molecule has 0 aliphatic carbocycles. The van der Waals surface area contributed by atoms with Crippen molar-refractivity contribution in [3.63, 3.8) is 0 Å². The molecule has 22 heavy (non-hydrogen) atoms. The number of nitrogens with one attached hydrogen (secondary N) is 2. The molecule has 0 saturated carbocycles. The average molecular weight is 297 g/mol. The number of aromatic nitrogens is 2. The molecule has 0 amide bonds. The number of rotatable bonds is 4. The van der Waals surface area contributed by atoms with Crippen LogP contribution in [0.5, 0.6) is 0 Å². The van der Waals surface area contributed by atoms with Gasteiger partial charge in [0.2, 0.25) is 0 Å². The van der Waals surface area contributed by atoms with Crippen LogP contribution in [0.15, 0.2) is 29.1 Å². The van der Waals surface area contributed by atoms with E-state index in [2.05, 4.69) is 10.2 Å². The van der Waals surface area contributed by atoms with Crippen LogP contribution < -0.4 is 5.56 Å². The molecule has 2 aromatic rings. The predicted octanol–water partition coefficient (Wildman–Crippen LogP) is 1.71. The highest BCUT2D eigenvalue weighted by Crippen LogP contribution is 2.32. The van der Waals surface area contributed by atoms with Gasteiger partial charge in [0.25, 0.3) is 11.2 Å². The summed E-state index contributed by atoms with van der Waals surface area (Å²) in [6, 6.07) is 9.21. The minimum absolute atomic E-state index is 0.104. The summed E-state index contributed by atoms with van der Waals surface area (Å²) in [5.41, 5.74) is 0.765. The second-order valence-electron chi connectivity index (χ2n) is 4.68. The molecular formula is C14H11N5O3. The normalized spacial score (nSPS) is 11.6. The number of nitro benzene ring substituents is 1. The maximum absolute atomic E-state index is 12.0. The Hall–Kier alpha value is -3.39. The maximum Gasteiger partial charge on any atom is 0.269 e. The van der Waals surface area contributed by atoms with Gasteiger partial charge in [-0.15, -0.1) is 0 Å². The number of benzene rings is 1. The van der Waals surface area contributed by atoms with Crippen molar-refractivity contribution in [3.05, 3.63) is 61.6 Å². The van der Waals surface area contributed by atoms with E-state index in [9.17, 15) is 25.4 Å². The molecule has 0 saturated heterocycles. The van der Waals surface area contributed by atoms with E-state index in [0.717, 1.165) is 0 Å². The summed E-state index contributed by atoms with van der Waals surface area (Å²) in [6.45, 7) is 1.65. The quantitative estimate of drug-likeness (QED) is 0.653. The zero-order valence-electron chi connectivity index (χ0n) is 11.5. The van der Waals surface area contributed by atoms with E-state index in [1.807, 2.05) is 12.1 Å². The van der Waals surface area contributed by atoms with Crippen molar-refractivity contribution in [3.8, 4) is 12.1 Å². The van der Waals surface area contributed by atoms with Crippen LogP contribution in [-0.4, -0.2) is 15.1 Å². The third-order valence-electron chi connectivity index (χ3n) is 3.40. The Labute approximate surface area is 124 Å². The monoisotopic (exact) mass is 297 g/mol. The largest absolute Gasteiger partial charge is 0.302 e. The molecule has 8 heteroatoms. The van der Waals surface area contributed by atoms with Crippen molar-refractivity contribution in [2.75, 3.05) is 0 Å². The predicted molar refractivity (Wildman–Crippen MR) is 75.8 cm³/mol. The van der Waals surface area contributed by atoms with Crippen molar-refractivity contribution < 1.29 is 4.92 Å². The minimum atomic E-state index is -1.09. The van der Waals surface area contributed by atoms with Gasteiger partial charge < -0.3 is 5.10 Å². The van der Waals surface area contributed by atoms with Crippen molar-refractivity contribution >= 4 is 5.69 Å². The van der Waals surface area contributed by atoms with Crippen LogP contribution in [0.25, 0.3) is 0 Å². The lowest BCUT2D eigenvalue weighted by molar-refractivity contribution is -0.384.